The topological polar surface area (TPSA) is 54.4 Å². The lowest BCUT2D eigenvalue weighted by atomic mass is 10.2. The van der Waals surface area contributed by atoms with Gasteiger partial charge in [-0.1, -0.05) is 18.2 Å². The summed E-state index contributed by atoms with van der Waals surface area (Å²) >= 11 is 0. The summed E-state index contributed by atoms with van der Waals surface area (Å²) in [6.07, 6.45) is 0. The summed E-state index contributed by atoms with van der Waals surface area (Å²) < 4.78 is 31.1. The Morgan fingerprint density at radius 2 is 1.35 bits per heavy atom. The SMILES string of the molecule is CC[N+](CC)(CC)CC.Cc1ccccc1S(=O)(=O)O. The summed E-state index contributed by atoms with van der Waals surface area (Å²) in [6.45, 7) is 15.9. The van der Waals surface area contributed by atoms with Crippen molar-refractivity contribution < 1.29 is 17.5 Å². The maximum absolute atomic E-state index is 10.6. The molecule has 0 aliphatic carbocycles. The largest absolute Gasteiger partial charge is 0.325 e. The third-order valence-corrected chi connectivity index (χ3v) is 5.07. The van der Waals surface area contributed by atoms with Crippen molar-refractivity contribution in [3.05, 3.63) is 29.8 Å². The molecule has 0 fully saturated rings. The molecule has 1 aromatic carbocycles. The molecule has 0 saturated carbocycles. The van der Waals surface area contributed by atoms with Crippen LogP contribution in [0.15, 0.2) is 29.2 Å². The van der Waals surface area contributed by atoms with E-state index in [0.717, 1.165) is 0 Å². The van der Waals surface area contributed by atoms with E-state index in [0.29, 0.717) is 5.56 Å². The van der Waals surface area contributed by atoms with Crippen molar-refractivity contribution in [3.8, 4) is 0 Å². The molecular weight excluding hydrogens is 274 g/mol. The maximum atomic E-state index is 10.6. The number of hydrogen-bond donors (Lipinski definition) is 1. The van der Waals surface area contributed by atoms with Crippen LogP contribution in [0, 0.1) is 6.92 Å². The van der Waals surface area contributed by atoms with Gasteiger partial charge in [-0.05, 0) is 46.2 Å². The normalized spacial score (nSPS) is 11.7. The van der Waals surface area contributed by atoms with Gasteiger partial charge in [-0.2, -0.15) is 8.42 Å². The smallest absolute Gasteiger partial charge is 0.294 e. The summed E-state index contributed by atoms with van der Waals surface area (Å²) in [7, 11) is -4.03. The summed E-state index contributed by atoms with van der Waals surface area (Å²) in [4.78, 5) is -0.0278. The molecule has 0 bridgehead atoms. The van der Waals surface area contributed by atoms with E-state index in [1.807, 2.05) is 0 Å². The van der Waals surface area contributed by atoms with Gasteiger partial charge in [0.25, 0.3) is 10.1 Å². The zero-order valence-electron chi connectivity index (χ0n) is 13.3. The molecule has 0 aliphatic heterocycles. The fourth-order valence-electron chi connectivity index (χ4n) is 2.19. The minimum atomic E-state index is -4.03. The Balaban J connectivity index is 0.000000370. The number of aryl methyl sites for hydroxylation is 1. The van der Waals surface area contributed by atoms with Gasteiger partial charge < -0.3 is 4.48 Å². The lowest BCUT2D eigenvalue weighted by Crippen LogP contribution is -2.47. The molecular formula is C15H28NO3S+. The Hall–Kier alpha value is -0.910. The molecule has 0 atom stereocenters. The fraction of sp³-hybridized carbons (Fsp3) is 0.600. The van der Waals surface area contributed by atoms with Crippen molar-refractivity contribution >= 4 is 10.1 Å². The van der Waals surface area contributed by atoms with Crippen LogP contribution in [0.25, 0.3) is 0 Å². The maximum Gasteiger partial charge on any atom is 0.294 e. The quantitative estimate of drug-likeness (QED) is 0.671. The van der Waals surface area contributed by atoms with E-state index >= 15 is 0 Å². The van der Waals surface area contributed by atoms with Crippen LogP contribution >= 0.6 is 0 Å². The lowest BCUT2D eigenvalue weighted by Gasteiger charge is -2.34. The number of benzene rings is 1. The van der Waals surface area contributed by atoms with Gasteiger partial charge in [0.05, 0.1) is 31.1 Å². The van der Waals surface area contributed by atoms with Gasteiger partial charge in [0.2, 0.25) is 0 Å². The lowest BCUT2D eigenvalue weighted by molar-refractivity contribution is -0.921. The highest BCUT2D eigenvalue weighted by Gasteiger charge is 2.16. The van der Waals surface area contributed by atoms with E-state index in [2.05, 4.69) is 27.7 Å². The van der Waals surface area contributed by atoms with Crippen LogP contribution in [-0.2, 0) is 10.1 Å². The zero-order chi connectivity index (χ0) is 15.8. The Labute approximate surface area is 123 Å². The minimum absolute atomic E-state index is 0.0278. The summed E-state index contributed by atoms with van der Waals surface area (Å²) in [6, 6.07) is 6.27. The van der Waals surface area contributed by atoms with E-state index in [1.54, 1.807) is 25.1 Å². The molecule has 5 heteroatoms. The molecule has 0 aromatic heterocycles. The Morgan fingerprint density at radius 1 is 0.950 bits per heavy atom. The first kappa shape index (κ1) is 19.1. The number of hydrogen-bond acceptors (Lipinski definition) is 2. The van der Waals surface area contributed by atoms with E-state index in [-0.39, 0.29) is 4.90 Å². The zero-order valence-corrected chi connectivity index (χ0v) is 14.1. The molecule has 0 heterocycles. The van der Waals surface area contributed by atoms with E-state index in [1.165, 1.54) is 36.7 Å². The average molecular weight is 302 g/mol. The van der Waals surface area contributed by atoms with Gasteiger partial charge in [-0.3, -0.25) is 4.55 Å². The van der Waals surface area contributed by atoms with Crippen LogP contribution in [0.2, 0.25) is 0 Å². The molecule has 0 saturated heterocycles. The Bertz CT molecular complexity index is 476. The third kappa shape index (κ3) is 5.61. The van der Waals surface area contributed by atoms with Crippen molar-refractivity contribution in [2.45, 2.75) is 39.5 Å². The van der Waals surface area contributed by atoms with Gasteiger partial charge in [0, 0.05) is 0 Å². The van der Waals surface area contributed by atoms with Crippen LogP contribution in [-0.4, -0.2) is 43.6 Å². The van der Waals surface area contributed by atoms with Crippen molar-refractivity contribution in [3.63, 3.8) is 0 Å². The van der Waals surface area contributed by atoms with Gasteiger partial charge in [-0.15, -0.1) is 0 Å². The van der Waals surface area contributed by atoms with Gasteiger partial charge in [0.15, 0.2) is 0 Å². The molecule has 116 valence electrons. The summed E-state index contributed by atoms with van der Waals surface area (Å²) in [5, 5.41) is 0. The predicted molar refractivity (Wildman–Crippen MR) is 83.4 cm³/mol. The first-order valence-electron chi connectivity index (χ1n) is 7.14. The molecule has 20 heavy (non-hydrogen) atoms. The molecule has 0 aliphatic rings. The van der Waals surface area contributed by atoms with Gasteiger partial charge in [0.1, 0.15) is 0 Å². The summed E-state index contributed by atoms with van der Waals surface area (Å²) in [5.74, 6) is 0. The molecule has 0 amide bonds. The second-order valence-corrected chi connectivity index (χ2v) is 6.24. The van der Waals surface area contributed by atoms with Crippen LogP contribution in [0.3, 0.4) is 0 Å². The second-order valence-electron chi connectivity index (χ2n) is 4.85. The van der Waals surface area contributed by atoms with Crippen molar-refractivity contribution in [2.24, 2.45) is 0 Å². The molecule has 1 N–H and O–H groups in total. The molecule has 0 unspecified atom stereocenters. The van der Waals surface area contributed by atoms with Gasteiger partial charge >= 0.3 is 0 Å². The highest BCUT2D eigenvalue weighted by Crippen LogP contribution is 2.12. The van der Waals surface area contributed by atoms with Crippen molar-refractivity contribution in [1.29, 1.82) is 0 Å². The molecule has 1 aromatic rings. The fourth-order valence-corrected chi connectivity index (χ4v) is 2.91. The molecule has 1 rings (SSSR count). The van der Waals surface area contributed by atoms with Crippen LogP contribution in [0.1, 0.15) is 33.3 Å². The average Bonchev–Trinajstić information content (AvgIpc) is 2.42. The minimum Gasteiger partial charge on any atom is -0.325 e. The highest BCUT2D eigenvalue weighted by molar-refractivity contribution is 7.85. The van der Waals surface area contributed by atoms with Gasteiger partial charge in [-0.25, -0.2) is 0 Å². The van der Waals surface area contributed by atoms with Crippen molar-refractivity contribution in [1.82, 2.24) is 0 Å². The number of quaternary nitrogens is 1. The molecule has 0 radical (unpaired) electrons. The van der Waals surface area contributed by atoms with Crippen molar-refractivity contribution in [2.75, 3.05) is 26.2 Å². The monoisotopic (exact) mass is 302 g/mol. The predicted octanol–water partition coefficient (Wildman–Crippen LogP) is 3.12. The number of rotatable bonds is 5. The first-order valence-corrected chi connectivity index (χ1v) is 8.58. The van der Waals surface area contributed by atoms with E-state index < -0.39 is 10.1 Å². The highest BCUT2D eigenvalue weighted by atomic mass is 32.2. The molecule has 4 nitrogen and oxygen atoms in total. The summed E-state index contributed by atoms with van der Waals surface area (Å²) in [5.41, 5.74) is 0.551. The second kappa shape index (κ2) is 8.39. The van der Waals surface area contributed by atoms with E-state index in [9.17, 15) is 8.42 Å². The van der Waals surface area contributed by atoms with Crippen LogP contribution in [0.4, 0.5) is 0 Å². The third-order valence-electron chi connectivity index (χ3n) is 4.05. The first-order chi connectivity index (χ1) is 9.26. The van der Waals surface area contributed by atoms with E-state index in [4.69, 9.17) is 4.55 Å². The van der Waals surface area contributed by atoms with Crippen LogP contribution in [0.5, 0.6) is 0 Å². The van der Waals surface area contributed by atoms with Crippen LogP contribution < -0.4 is 0 Å². The Kier molecular flexibility index (Phi) is 8.01. The standard InChI is InChI=1S/C8H20N.C7H8O3S/c1-5-9(6-2,7-3)8-4;1-6-4-2-3-5-7(6)11(8,9)10/h5-8H2,1-4H3;2-5H,1H3,(H,8,9,10)/q+1;. The number of nitrogens with zero attached hydrogens (tertiary/aromatic N) is 1. The molecule has 0 spiro atoms. The Morgan fingerprint density at radius 3 is 1.55 bits per heavy atom.